The Morgan fingerprint density at radius 1 is 1.37 bits per heavy atom. The molecule has 1 fully saturated rings. The minimum atomic E-state index is 0.582. The van der Waals surface area contributed by atoms with Crippen molar-refractivity contribution in [3.05, 3.63) is 22.7 Å². The molecular weight excluding hydrogens is 304 g/mol. The van der Waals surface area contributed by atoms with Crippen molar-refractivity contribution in [1.29, 1.82) is 0 Å². The fourth-order valence-electron chi connectivity index (χ4n) is 2.60. The Morgan fingerprint density at radius 2 is 2.11 bits per heavy atom. The second kappa shape index (κ2) is 7.15. The number of ether oxygens (including phenoxy) is 1. The number of methoxy groups -OCH3 is 1. The van der Waals surface area contributed by atoms with Crippen molar-refractivity contribution in [2.45, 2.75) is 32.2 Å². The number of nitrogens with zero attached hydrogens (tertiary/aromatic N) is 1. The summed E-state index contributed by atoms with van der Waals surface area (Å²) in [6.07, 6.45) is 3.69. The summed E-state index contributed by atoms with van der Waals surface area (Å²) in [5.74, 6) is 0.883. The molecule has 0 amide bonds. The molecule has 0 atom stereocenters. The Morgan fingerprint density at radius 3 is 2.74 bits per heavy atom. The van der Waals surface area contributed by atoms with Gasteiger partial charge in [-0.15, -0.1) is 0 Å². The van der Waals surface area contributed by atoms with Crippen LogP contribution in [0.25, 0.3) is 0 Å². The lowest BCUT2D eigenvalue weighted by Crippen LogP contribution is -2.39. The van der Waals surface area contributed by atoms with Gasteiger partial charge < -0.3 is 15.0 Å². The summed E-state index contributed by atoms with van der Waals surface area (Å²) in [5.41, 5.74) is 1.15. The highest BCUT2D eigenvalue weighted by molar-refractivity contribution is 9.10. The molecular formula is C15H23BrN2O. The van der Waals surface area contributed by atoms with Crippen molar-refractivity contribution < 1.29 is 4.74 Å². The predicted molar refractivity (Wildman–Crippen MR) is 84.1 cm³/mol. The lowest BCUT2D eigenvalue weighted by atomic mass is 10.0. The molecule has 1 saturated heterocycles. The first kappa shape index (κ1) is 14.7. The van der Waals surface area contributed by atoms with Crippen LogP contribution in [0.3, 0.4) is 0 Å². The highest BCUT2D eigenvalue weighted by atomic mass is 79.9. The van der Waals surface area contributed by atoms with Crippen LogP contribution in [0.15, 0.2) is 22.7 Å². The first-order valence-electron chi connectivity index (χ1n) is 7.05. The van der Waals surface area contributed by atoms with Gasteiger partial charge in [0.25, 0.3) is 0 Å². The van der Waals surface area contributed by atoms with Crippen LogP contribution in [0.4, 0.5) is 5.69 Å². The number of hydrogen-bond donors (Lipinski definition) is 1. The van der Waals surface area contributed by atoms with E-state index in [0.717, 1.165) is 15.9 Å². The van der Waals surface area contributed by atoms with E-state index in [1.54, 1.807) is 7.11 Å². The van der Waals surface area contributed by atoms with Gasteiger partial charge in [0.05, 0.1) is 11.6 Å². The molecule has 4 heteroatoms. The summed E-state index contributed by atoms with van der Waals surface area (Å²) in [7, 11) is 1.70. The maximum Gasteiger partial charge on any atom is 0.135 e. The highest BCUT2D eigenvalue weighted by Gasteiger charge is 2.18. The van der Waals surface area contributed by atoms with Crippen LogP contribution < -0.4 is 10.1 Å². The van der Waals surface area contributed by atoms with Crippen molar-refractivity contribution in [3.8, 4) is 5.75 Å². The number of anilines is 1. The van der Waals surface area contributed by atoms with E-state index in [9.17, 15) is 0 Å². The average Bonchev–Trinajstić information content (AvgIpc) is 2.43. The number of nitrogens with one attached hydrogen (secondary N) is 1. The maximum absolute atomic E-state index is 5.33. The Kier molecular flexibility index (Phi) is 5.52. The fourth-order valence-corrected chi connectivity index (χ4v) is 3.01. The summed E-state index contributed by atoms with van der Waals surface area (Å²) in [5, 5.41) is 3.62. The van der Waals surface area contributed by atoms with E-state index in [-0.39, 0.29) is 0 Å². The zero-order valence-electron chi connectivity index (χ0n) is 11.8. The second-order valence-corrected chi connectivity index (χ2v) is 5.96. The molecule has 19 heavy (non-hydrogen) atoms. The molecule has 0 saturated carbocycles. The molecule has 0 spiro atoms. The molecule has 106 valence electrons. The molecule has 0 radical (unpaired) electrons. The van der Waals surface area contributed by atoms with E-state index in [4.69, 9.17) is 4.74 Å². The maximum atomic E-state index is 5.33. The van der Waals surface area contributed by atoms with Crippen molar-refractivity contribution in [2.75, 3.05) is 32.1 Å². The summed E-state index contributed by atoms with van der Waals surface area (Å²) in [6.45, 7) is 5.90. The minimum absolute atomic E-state index is 0.582. The van der Waals surface area contributed by atoms with Crippen LogP contribution in [-0.2, 0) is 0 Å². The summed E-state index contributed by atoms with van der Waals surface area (Å²) < 4.78 is 6.33. The lowest BCUT2D eigenvalue weighted by molar-refractivity contribution is 0.219. The summed E-state index contributed by atoms with van der Waals surface area (Å²) >= 11 is 3.48. The smallest absolute Gasteiger partial charge is 0.135 e. The van der Waals surface area contributed by atoms with Crippen LogP contribution in [0.2, 0.25) is 0 Å². The Hall–Kier alpha value is -0.740. The van der Waals surface area contributed by atoms with E-state index in [0.29, 0.717) is 6.04 Å². The van der Waals surface area contributed by atoms with Gasteiger partial charge in [0.1, 0.15) is 5.75 Å². The molecule has 3 nitrogen and oxygen atoms in total. The van der Waals surface area contributed by atoms with Crippen LogP contribution >= 0.6 is 15.9 Å². The number of benzene rings is 1. The molecule has 0 aromatic heterocycles. The fraction of sp³-hybridized carbons (Fsp3) is 0.600. The number of likely N-dealkylation sites (tertiary alicyclic amines) is 1. The number of piperidine rings is 1. The van der Waals surface area contributed by atoms with Crippen LogP contribution in [-0.4, -0.2) is 37.7 Å². The van der Waals surface area contributed by atoms with Gasteiger partial charge in [0, 0.05) is 30.9 Å². The normalized spacial score (nSPS) is 17.4. The molecule has 0 unspecified atom stereocenters. The van der Waals surface area contributed by atoms with Gasteiger partial charge in [0.15, 0.2) is 0 Å². The number of hydrogen-bond acceptors (Lipinski definition) is 3. The third-order valence-corrected chi connectivity index (χ3v) is 4.30. The van der Waals surface area contributed by atoms with Crippen LogP contribution in [0.1, 0.15) is 26.2 Å². The Bertz CT molecular complexity index is 403. The van der Waals surface area contributed by atoms with Gasteiger partial charge in [0.2, 0.25) is 0 Å². The van der Waals surface area contributed by atoms with Crippen molar-refractivity contribution in [2.24, 2.45) is 0 Å². The van der Waals surface area contributed by atoms with Crippen molar-refractivity contribution >= 4 is 21.6 Å². The first-order valence-corrected chi connectivity index (χ1v) is 7.84. The average molecular weight is 327 g/mol. The molecule has 1 heterocycles. The standard InChI is InChI=1S/C15H23BrN2O/c1-3-8-18-9-6-12(7-10-18)17-13-4-5-14(16)15(11-13)19-2/h4-5,11-12,17H,3,6-10H2,1-2H3. The molecule has 1 N–H and O–H groups in total. The summed E-state index contributed by atoms with van der Waals surface area (Å²) in [6, 6.07) is 6.78. The number of halogens is 1. The highest BCUT2D eigenvalue weighted by Crippen LogP contribution is 2.28. The van der Waals surface area contributed by atoms with E-state index in [2.05, 4.69) is 45.2 Å². The third kappa shape index (κ3) is 4.11. The SMILES string of the molecule is CCCN1CCC(Nc2ccc(Br)c(OC)c2)CC1. The molecule has 2 rings (SSSR count). The second-order valence-electron chi connectivity index (χ2n) is 5.11. The van der Waals surface area contributed by atoms with Gasteiger partial charge in [-0.05, 0) is 53.9 Å². The van der Waals surface area contributed by atoms with E-state index >= 15 is 0 Å². The largest absolute Gasteiger partial charge is 0.495 e. The third-order valence-electron chi connectivity index (χ3n) is 3.65. The quantitative estimate of drug-likeness (QED) is 0.891. The van der Waals surface area contributed by atoms with Gasteiger partial charge in [-0.2, -0.15) is 0 Å². The van der Waals surface area contributed by atoms with E-state index < -0.39 is 0 Å². The monoisotopic (exact) mass is 326 g/mol. The predicted octanol–water partition coefficient (Wildman–Crippen LogP) is 3.74. The van der Waals surface area contributed by atoms with Crippen LogP contribution in [0, 0.1) is 0 Å². The number of rotatable bonds is 5. The van der Waals surface area contributed by atoms with E-state index in [1.807, 2.05) is 6.07 Å². The van der Waals surface area contributed by atoms with Gasteiger partial charge in [-0.25, -0.2) is 0 Å². The molecule has 0 bridgehead atoms. The summed E-state index contributed by atoms with van der Waals surface area (Å²) in [4.78, 5) is 2.56. The Balaban J connectivity index is 1.88. The lowest BCUT2D eigenvalue weighted by Gasteiger charge is -2.32. The minimum Gasteiger partial charge on any atom is -0.495 e. The Labute approximate surface area is 124 Å². The topological polar surface area (TPSA) is 24.5 Å². The van der Waals surface area contributed by atoms with Crippen molar-refractivity contribution in [1.82, 2.24) is 4.90 Å². The zero-order chi connectivity index (χ0) is 13.7. The molecule has 1 aromatic carbocycles. The first-order chi connectivity index (χ1) is 9.22. The molecule has 1 aliphatic heterocycles. The molecule has 1 aromatic rings. The van der Waals surface area contributed by atoms with Gasteiger partial charge in [-0.1, -0.05) is 6.92 Å². The molecule has 0 aliphatic carbocycles. The molecule has 1 aliphatic rings. The van der Waals surface area contributed by atoms with Crippen LogP contribution in [0.5, 0.6) is 5.75 Å². The van der Waals surface area contributed by atoms with Gasteiger partial charge >= 0.3 is 0 Å². The van der Waals surface area contributed by atoms with Gasteiger partial charge in [-0.3, -0.25) is 0 Å². The van der Waals surface area contributed by atoms with Crippen molar-refractivity contribution in [3.63, 3.8) is 0 Å². The van der Waals surface area contributed by atoms with E-state index in [1.165, 1.54) is 38.9 Å². The zero-order valence-corrected chi connectivity index (χ0v) is 13.4.